The van der Waals surface area contributed by atoms with Gasteiger partial charge in [-0.1, -0.05) is 53.7 Å². The summed E-state index contributed by atoms with van der Waals surface area (Å²) in [6.07, 6.45) is 0.572. The van der Waals surface area contributed by atoms with Gasteiger partial charge in [0.15, 0.2) is 5.82 Å². The van der Waals surface area contributed by atoms with E-state index in [1.54, 1.807) is 37.4 Å². The Morgan fingerprint density at radius 1 is 1.09 bits per heavy atom. The monoisotopic (exact) mass is 489 g/mol. The number of carbonyl (C=O) groups is 1. The molecule has 2 heterocycles. The Labute approximate surface area is 206 Å². The molecule has 0 spiro atoms. The third kappa shape index (κ3) is 4.85. The Hall–Kier alpha value is -3.55. The Balaban J connectivity index is 1.41. The number of thioether (sulfide) groups is 1. The van der Waals surface area contributed by atoms with Gasteiger partial charge in [0.05, 0.1) is 18.4 Å². The molecule has 0 unspecified atom stereocenters. The first kappa shape index (κ1) is 22.3. The summed E-state index contributed by atoms with van der Waals surface area (Å²) in [7, 11) is 1.60. The molecule has 1 amide bonds. The fourth-order valence-electron chi connectivity index (χ4n) is 3.60. The van der Waals surface area contributed by atoms with E-state index < -0.39 is 0 Å². The van der Waals surface area contributed by atoms with Gasteiger partial charge in [0.25, 0.3) is 0 Å². The van der Waals surface area contributed by atoms with Gasteiger partial charge in [-0.25, -0.2) is 4.98 Å². The molecule has 1 N–H and O–H groups in total. The van der Waals surface area contributed by atoms with E-state index in [4.69, 9.17) is 26.1 Å². The van der Waals surface area contributed by atoms with Gasteiger partial charge >= 0.3 is 0 Å². The van der Waals surface area contributed by atoms with Crippen molar-refractivity contribution >= 4 is 35.0 Å². The molecule has 0 fully saturated rings. The number of benzene rings is 3. The summed E-state index contributed by atoms with van der Waals surface area (Å²) < 4.78 is 11.3. The number of ether oxygens (including phenoxy) is 2. The van der Waals surface area contributed by atoms with Crippen molar-refractivity contribution in [1.29, 1.82) is 0 Å². The molecule has 5 rings (SSSR count). The van der Waals surface area contributed by atoms with Crippen molar-refractivity contribution in [3.05, 3.63) is 88.9 Å². The average molecular weight is 490 g/mol. The fourth-order valence-corrected chi connectivity index (χ4v) is 4.62. The Morgan fingerprint density at radius 2 is 1.88 bits per heavy atom. The highest BCUT2D eigenvalue weighted by molar-refractivity contribution is 8.00. The number of anilines is 1. The molecule has 0 saturated heterocycles. The minimum Gasteiger partial charge on any atom is -0.497 e. The van der Waals surface area contributed by atoms with Crippen molar-refractivity contribution in [3.8, 4) is 28.8 Å². The molecule has 1 aromatic heterocycles. The molecular weight excluding hydrogens is 470 g/mol. The van der Waals surface area contributed by atoms with Gasteiger partial charge in [0, 0.05) is 28.3 Å². The second-order valence-electron chi connectivity index (χ2n) is 7.60. The Bertz CT molecular complexity index is 1350. The van der Waals surface area contributed by atoms with Crippen molar-refractivity contribution in [2.45, 2.75) is 11.4 Å². The summed E-state index contributed by atoms with van der Waals surface area (Å²) in [5.74, 6) is 2.56. The van der Waals surface area contributed by atoms with Crippen LogP contribution in [0.15, 0.2) is 77.8 Å². The maximum atomic E-state index is 12.7. The molecule has 34 heavy (non-hydrogen) atoms. The standard InChI is InChI=1S/C26H20ClN3O3S/c1-32-20-10-8-19(9-11-20)28-23(31)15-34-26-21-14-17-13-18(27)7-12-22(17)33-25(21)29-24(30-26)16-5-3-2-4-6-16/h2-13H,14-15H2,1H3,(H,28,31). The lowest BCUT2D eigenvalue weighted by Crippen LogP contribution is -2.15. The van der Waals surface area contributed by atoms with Gasteiger partial charge in [-0.05, 0) is 42.5 Å². The highest BCUT2D eigenvalue weighted by Crippen LogP contribution is 2.41. The van der Waals surface area contributed by atoms with Gasteiger partial charge in [0.1, 0.15) is 16.5 Å². The van der Waals surface area contributed by atoms with Crippen LogP contribution in [0, 0.1) is 0 Å². The third-order valence-electron chi connectivity index (χ3n) is 5.27. The minimum atomic E-state index is -0.135. The normalized spacial score (nSPS) is 11.7. The van der Waals surface area contributed by atoms with Crippen LogP contribution in [0.2, 0.25) is 5.02 Å². The fraction of sp³-hybridized carbons (Fsp3) is 0.115. The number of nitrogens with zero attached hydrogens (tertiary/aromatic N) is 2. The predicted octanol–water partition coefficient (Wildman–Crippen LogP) is 6.23. The van der Waals surface area contributed by atoms with Crippen LogP contribution < -0.4 is 14.8 Å². The molecule has 3 aromatic carbocycles. The maximum absolute atomic E-state index is 12.7. The molecule has 6 nitrogen and oxygen atoms in total. The number of carbonyl (C=O) groups excluding carboxylic acids is 1. The number of rotatable bonds is 6. The lowest BCUT2D eigenvalue weighted by atomic mass is 10.0. The first-order valence-electron chi connectivity index (χ1n) is 10.6. The van der Waals surface area contributed by atoms with E-state index in [0.717, 1.165) is 28.2 Å². The highest BCUT2D eigenvalue weighted by atomic mass is 35.5. The van der Waals surface area contributed by atoms with Gasteiger partial charge in [0.2, 0.25) is 11.8 Å². The van der Waals surface area contributed by atoms with Gasteiger partial charge < -0.3 is 14.8 Å². The summed E-state index contributed by atoms with van der Waals surface area (Å²) in [5, 5.41) is 4.25. The summed E-state index contributed by atoms with van der Waals surface area (Å²) in [5.41, 5.74) is 3.38. The quantitative estimate of drug-likeness (QED) is 0.225. The molecular formula is C26H20ClN3O3S. The van der Waals surface area contributed by atoms with Crippen LogP contribution in [0.4, 0.5) is 5.69 Å². The van der Waals surface area contributed by atoms with Crippen molar-refractivity contribution in [2.75, 3.05) is 18.2 Å². The second kappa shape index (κ2) is 9.75. The zero-order chi connectivity index (χ0) is 23.5. The summed E-state index contributed by atoms with van der Waals surface area (Å²) in [4.78, 5) is 22.1. The van der Waals surface area contributed by atoms with Crippen LogP contribution in [0.5, 0.6) is 17.4 Å². The van der Waals surface area contributed by atoms with E-state index in [1.165, 1.54) is 11.8 Å². The molecule has 4 aromatic rings. The molecule has 1 aliphatic heterocycles. The predicted molar refractivity (Wildman–Crippen MR) is 134 cm³/mol. The molecule has 0 saturated carbocycles. The topological polar surface area (TPSA) is 73.3 Å². The Kier molecular flexibility index (Phi) is 6.38. The molecule has 0 atom stereocenters. The second-order valence-corrected chi connectivity index (χ2v) is 9.00. The van der Waals surface area contributed by atoms with E-state index in [-0.39, 0.29) is 11.7 Å². The lowest BCUT2D eigenvalue weighted by Gasteiger charge is -2.22. The molecule has 0 radical (unpaired) electrons. The third-order valence-corrected chi connectivity index (χ3v) is 6.53. The van der Waals surface area contributed by atoms with E-state index in [1.807, 2.05) is 42.5 Å². The molecule has 1 aliphatic rings. The number of nitrogens with one attached hydrogen (secondary N) is 1. The molecule has 0 aliphatic carbocycles. The van der Waals surface area contributed by atoms with Crippen LogP contribution in [0.3, 0.4) is 0 Å². The highest BCUT2D eigenvalue weighted by Gasteiger charge is 2.25. The summed E-state index contributed by atoms with van der Waals surface area (Å²) in [6, 6.07) is 22.4. The smallest absolute Gasteiger partial charge is 0.234 e. The first-order valence-corrected chi connectivity index (χ1v) is 11.9. The lowest BCUT2D eigenvalue weighted by molar-refractivity contribution is -0.113. The molecule has 170 valence electrons. The van der Waals surface area contributed by atoms with Crippen LogP contribution in [-0.2, 0) is 11.2 Å². The number of fused-ring (bicyclic) bond motifs is 2. The number of hydrogen-bond donors (Lipinski definition) is 1. The van der Waals surface area contributed by atoms with Crippen molar-refractivity contribution < 1.29 is 14.3 Å². The number of halogens is 1. The largest absolute Gasteiger partial charge is 0.497 e. The average Bonchev–Trinajstić information content (AvgIpc) is 2.87. The number of amides is 1. The van der Waals surface area contributed by atoms with E-state index in [0.29, 0.717) is 33.9 Å². The van der Waals surface area contributed by atoms with E-state index in [9.17, 15) is 4.79 Å². The van der Waals surface area contributed by atoms with Crippen molar-refractivity contribution in [2.24, 2.45) is 0 Å². The first-order chi connectivity index (χ1) is 16.6. The molecule has 8 heteroatoms. The number of hydrogen-bond acceptors (Lipinski definition) is 6. The summed E-state index contributed by atoms with van der Waals surface area (Å²) in [6.45, 7) is 0. The minimum absolute atomic E-state index is 0.135. The van der Waals surface area contributed by atoms with Gasteiger partial charge in [-0.3, -0.25) is 4.79 Å². The van der Waals surface area contributed by atoms with Crippen LogP contribution in [0.25, 0.3) is 11.4 Å². The Morgan fingerprint density at radius 3 is 2.65 bits per heavy atom. The van der Waals surface area contributed by atoms with E-state index in [2.05, 4.69) is 10.3 Å². The molecule has 0 bridgehead atoms. The number of methoxy groups -OCH3 is 1. The van der Waals surface area contributed by atoms with Gasteiger partial charge in [-0.15, -0.1) is 0 Å². The summed E-state index contributed by atoms with van der Waals surface area (Å²) >= 11 is 7.55. The van der Waals surface area contributed by atoms with Crippen LogP contribution in [-0.4, -0.2) is 28.7 Å². The van der Waals surface area contributed by atoms with Gasteiger partial charge in [-0.2, -0.15) is 4.98 Å². The van der Waals surface area contributed by atoms with Crippen molar-refractivity contribution in [1.82, 2.24) is 9.97 Å². The van der Waals surface area contributed by atoms with Crippen LogP contribution >= 0.6 is 23.4 Å². The zero-order valence-electron chi connectivity index (χ0n) is 18.2. The van der Waals surface area contributed by atoms with E-state index >= 15 is 0 Å². The zero-order valence-corrected chi connectivity index (χ0v) is 19.8. The van der Waals surface area contributed by atoms with Crippen molar-refractivity contribution in [3.63, 3.8) is 0 Å². The van der Waals surface area contributed by atoms with Crippen LogP contribution in [0.1, 0.15) is 11.1 Å². The maximum Gasteiger partial charge on any atom is 0.234 e. The number of aromatic nitrogens is 2. The SMILES string of the molecule is COc1ccc(NC(=O)CSc2nc(-c3ccccc3)nc3c2Cc2cc(Cl)ccc2O3)cc1.